The molecule has 1 aliphatic heterocycles. The van der Waals surface area contributed by atoms with Gasteiger partial charge in [0.1, 0.15) is 5.69 Å². The standard InChI is InChI=1S/C17H18ClN3O/c18-21(17(22)16-5-1-2-11-20-16)15-8-6-13(7-9-15)14-4-3-10-19-12-14/h1-2,5-9,11,14,19H,3-4,10,12H2. The molecule has 1 atom stereocenters. The fourth-order valence-electron chi connectivity index (χ4n) is 2.72. The van der Waals surface area contributed by atoms with Gasteiger partial charge in [0.2, 0.25) is 0 Å². The van der Waals surface area contributed by atoms with Crippen LogP contribution in [0.5, 0.6) is 0 Å². The summed E-state index contributed by atoms with van der Waals surface area (Å²) in [5, 5.41) is 3.41. The summed E-state index contributed by atoms with van der Waals surface area (Å²) >= 11 is 6.16. The molecule has 22 heavy (non-hydrogen) atoms. The van der Waals surface area contributed by atoms with Crippen LogP contribution in [0.25, 0.3) is 0 Å². The lowest BCUT2D eigenvalue weighted by Crippen LogP contribution is -2.28. The number of nitrogens with one attached hydrogen (secondary N) is 1. The Labute approximate surface area is 135 Å². The fraction of sp³-hybridized carbons (Fsp3) is 0.294. The number of anilines is 1. The zero-order chi connectivity index (χ0) is 15.4. The minimum absolute atomic E-state index is 0.325. The van der Waals surface area contributed by atoms with Crippen molar-refractivity contribution in [2.45, 2.75) is 18.8 Å². The molecule has 1 aliphatic rings. The smallest absolute Gasteiger partial charge is 0.291 e. The van der Waals surface area contributed by atoms with Gasteiger partial charge in [0.15, 0.2) is 0 Å². The summed E-state index contributed by atoms with van der Waals surface area (Å²) in [6.07, 6.45) is 3.98. The van der Waals surface area contributed by atoms with Crippen LogP contribution in [0.2, 0.25) is 0 Å². The van der Waals surface area contributed by atoms with E-state index in [1.54, 1.807) is 24.4 Å². The zero-order valence-corrected chi connectivity index (χ0v) is 13.0. The topological polar surface area (TPSA) is 45.2 Å². The number of piperidine rings is 1. The number of pyridine rings is 1. The van der Waals surface area contributed by atoms with Crippen molar-refractivity contribution in [2.75, 3.05) is 17.5 Å². The van der Waals surface area contributed by atoms with E-state index in [9.17, 15) is 4.79 Å². The molecule has 0 saturated carbocycles. The highest BCUT2D eigenvalue weighted by Crippen LogP contribution is 2.26. The van der Waals surface area contributed by atoms with Gasteiger partial charge in [-0.1, -0.05) is 18.2 Å². The summed E-state index contributed by atoms with van der Waals surface area (Å²) in [5.74, 6) is 0.215. The van der Waals surface area contributed by atoms with Crippen molar-refractivity contribution in [1.82, 2.24) is 10.3 Å². The Morgan fingerprint density at radius 1 is 1.23 bits per heavy atom. The van der Waals surface area contributed by atoms with Gasteiger partial charge in [0.25, 0.3) is 5.91 Å². The lowest BCUT2D eigenvalue weighted by Gasteiger charge is -2.23. The van der Waals surface area contributed by atoms with E-state index in [-0.39, 0.29) is 5.91 Å². The lowest BCUT2D eigenvalue weighted by atomic mass is 9.92. The predicted molar refractivity (Wildman–Crippen MR) is 88.2 cm³/mol. The number of hydrogen-bond donors (Lipinski definition) is 1. The maximum Gasteiger partial charge on any atom is 0.291 e. The highest BCUT2D eigenvalue weighted by molar-refractivity contribution is 6.39. The minimum atomic E-state index is -0.325. The van der Waals surface area contributed by atoms with E-state index in [4.69, 9.17) is 11.8 Å². The second kappa shape index (κ2) is 6.90. The minimum Gasteiger partial charge on any atom is -0.316 e. The van der Waals surface area contributed by atoms with Crippen molar-refractivity contribution in [3.63, 3.8) is 0 Å². The molecular weight excluding hydrogens is 298 g/mol. The van der Waals surface area contributed by atoms with Crippen LogP contribution in [0.1, 0.15) is 34.8 Å². The summed E-state index contributed by atoms with van der Waals surface area (Å²) in [5.41, 5.74) is 2.27. The number of amides is 1. The van der Waals surface area contributed by atoms with Gasteiger partial charge in [-0.2, -0.15) is 0 Å². The summed E-state index contributed by atoms with van der Waals surface area (Å²) in [6, 6.07) is 13.1. The second-order valence-electron chi connectivity index (χ2n) is 5.44. The van der Waals surface area contributed by atoms with Crippen LogP contribution in [0.3, 0.4) is 0 Å². The molecule has 1 amide bonds. The van der Waals surface area contributed by atoms with Gasteiger partial charge in [-0.05, 0) is 55.1 Å². The van der Waals surface area contributed by atoms with Gasteiger partial charge >= 0.3 is 0 Å². The van der Waals surface area contributed by atoms with Gasteiger partial charge in [-0.15, -0.1) is 0 Å². The van der Waals surface area contributed by atoms with E-state index >= 15 is 0 Å². The van der Waals surface area contributed by atoms with E-state index in [1.807, 2.05) is 24.3 Å². The Morgan fingerprint density at radius 2 is 2.05 bits per heavy atom. The number of nitrogens with zero attached hydrogens (tertiary/aromatic N) is 2. The van der Waals surface area contributed by atoms with E-state index < -0.39 is 0 Å². The molecule has 1 saturated heterocycles. The third kappa shape index (κ3) is 3.29. The normalized spacial score (nSPS) is 18.0. The van der Waals surface area contributed by atoms with Crippen molar-refractivity contribution in [3.8, 4) is 0 Å². The van der Waals surface area contributed by atoms with Crippen molar-refractivity contribution < 1.29 is 4.79 Å². The van der Waals surface area contributed by atoms with Gasteiger partial charge < -0.3 is 5.32 Å². The van der Waals surface area contributed by atoms with E-state index in [0.29, 0.717) is 17.3 Å². The van der Waals surface area contributed by atoms with Crippen LogP contribution >= 0.6 is 11.8 Å². The first-order valence-corrected chi connectivity index (χ1v) is 7.81. The molecule has 114 valence electrons. The SMILES string of the molecule is O=C(c1ccccn1)N(Cl)c1ccc(C2CCCNC2)cc1. The number of hydrogen-bond acceptors (Lipinski definition) is 3. The largest absolute Gasteiger partial charge is 0.316 e. The molecule has 1 aromatic carbocycles. The predicted octanol–water partition coefficient (Wildman–Crippen LogP) is 3.35. The van der Waals surface area contributed by atoms with Crippen molar-refractivity contribution >= 4 is 23.4 Å². The van der Waals surface area contributed by atoms with Crippen LogP contribution in [-0.4, -0.2) is 24.0 Å². The highest BCUT2D eigenvalue weighted by Gasteiger charge is 2.18. The molecule has 1 unspecified atom stereocenters. The summed E-state index contributed by atoms with van der Waals surface area (Å²) in [7, 11) is 0. The third-order valence-electron chi connectivity index (χ3n) is 3.95. The molecule has 1 aromatic heterocycles. The molecule has 0 radical (unpaired) electrons. The van der Waals surface area contributed by atoms with Gasteiger partial charge in [0.05, 0.1) is 5.69 Å². The van der Waals surface area contributed by atoms with Crippen LogP contribution < -0.4 is 9.74 Å². The molecule has 5 heteroatoms. The summed E-state index contributed by atoms with van der Waals surface area (Å²) in [6.45, 7) is 2.11. The second-order valence-corrected chi connectivity index (χ2v) is 5.77. The molecule has 4 nitrogen and oxygen atoms in total. The first-order chi connectivity index (χ1) is 10.8. The van der Waals surface area contributed by atoms with Gasteiger partial charge in [-0.3, -0.25) is 9.78 Å². The molecule has 1 fully saturated rings. The first-order valence-electron chi connectivity index (χ1n) is 7.47. The monoisotopic (exact) mass is 315 g/mol. The summed E-state index contributed by atoms with van der Waals surface area (Å²) < 4.78 is 1.12. The molecule has 1 N–H and O–H groups in total. The van der Waals surface area contributed by atoms with Gasteiger partial charge in [0, 0.05) is 24.5 Å². The van der Waals surface area contributed by atoms with E-state index in [1.165, 1.54) is 18.4 Å². The van der Waals surface area contributed by atoms with Crippen LogP contribution in [0.15, 0.2) is 48.7 Å². The van der Waals surface area contributed by atoms with Gasteiger partial charge in [-0.25, -0.2) is 4.42 Å². The van der Waals surface area contributed by atoms with Crippen molar-refractivity contribution in [2.24, 2.45) is 0 Å². The Kier molecular flexibility index (Phi) is 4.71. The average Bonchev–Trinajstić information content (AvgIpc) is 2.62. The Balaban J connectivity index is 1.73. The number of halogens is 1. The lowest BCUT2D eigenvalue weighted by molar-refractivity contribution is 0.100. The first kappa shape index (κ1) is 15.0. The highest BCUT2D eigenvalue weighted by atomic mass is 35.5. The van der Waals surface area contributed by atoms with E-state index in [0.717, 1.165) is 17.5 Å². The molecule has 3 rings (SSSR count). The molecule has 2 aromatic rings. The number of carbonyl (C=O) groups excluding carboxylic acids is 1. The molecule has 2 heterocycles. The zero-order valence-electron chi connectivity index (χ0n) is 12.2. The van der Waals surface area contributed by atoms with Crippen LogP contribution in [-0.2, 0) is 0 Å². The fourth-order valence-corrected chi connectivity index (χ4v) is 2.92. The van der Waals surface area contributed by atoms with Crippen LogP contribution in [0, 0.1) is 0 Å². The van der Waals surface area contributed by atoms with Crippen molar-refractivity contribution in [1.29, 1.82) is 0 Å². The summed E-state index contributed by atoms with van der Waals surface area (Å²) in [4.78, 5) is 16.3. The third-order valence-corrected chi connectivity index (χ3v) is 4.30. The number of rotatable bonds is 3. The van der Waals surface area contributed by atoms with Crippen molar-refractivity contribution in [3.05, 3.63) is 59.9 Å². The number of carbonyl (C=O) groups is 1. The Bertz CT molecular complexity index is 624. The van der Waals surface area contributed by atoms with E-state index in [2.05, 4.69) is 10.3 Å². The molecule has 0 spiro atoms. The number of aromatic nitrogens is 1. The Morgan fingerprint density at radius 3 is 2.68 bits per heavy atom. The Hall–Kier alpha value is -1.91. The quantitative estimate of drug-likeness (QED) is 0.883. The molecule has 0 bridgehead atoms. The maximum atomic E-state index is 12.3. The van der Waals surface area contributed by atoms with Crippen LogP contribution in [0.4, 0.5) is 5.69 Å². The number of benzene rings is 1. The molecule has 0 aliphatic carbocycles. The maximum absolute atomic E-state index is 12.3. The molecular formula is C17H18ClN3O. The average molecular weight is 316 g/mol.